The molecular weight excluding hydrogens is 426 g/mol. The Hall–Kier alpha value is -2.57. The maximum absolute atomic E-state index is 4.63. The second-order valence-electron chi connectivity index (χ2n) is 6.30. The van der Waals surface area contributed by atoms with Gasteiger partial charge in [-0.1, -0.05) is 0 Å². The Kier molecular flexibility index (Phi) is 5.78. The van der Waals surface area contributed by atoms with Crippen molar-refractivity contribution in [1.29, 1.82) is 0 Å². The number of hydrogen-bond acceptors (Lipinski definition) is 2. The zero-order valence-electron chi connectivity index (χ0n) is 15.2. The molecule has 0 spiro atoms. The summed E-state index contributed by atoms with van der Waals surface area (Å²) >= 11 is 3.59. The Balaban J connectivity index is 1.89. The summed E-state index contributed by atoms with van der Waals surface area (Å²) in [7, 11) is 0. The molecular formula is C24H19N2PSe. The second kappa shape index (κ2) is 8.63. The van der Waals surface area contributed by atoms with Crippen LogP contribution in [0.5, 0.6) is 0 Å². The van der Waals surface area contributed by atoms with Gasteiger partial charge in [0.15, 0.2) is 0 Å². The van der Waals surface area contributed by atoms with Crippen molar-refractivity contribution < 1.29 is 0 Å². The average molecular weight is 445 g/mol. The molecule has 0 atom stereocenters. The molecule has 0 bridgehead atoms. The number of nitrogens with zero attached hydrogens (tertiary/aromatic N) is 2. The van der Waals surface area contributed by atoms with Gasteiger partial charge in [0.05, 0.1) is 0 Å². The van der Waals surface area contributed by atoms with Crippen molar-refractivity contribution in [1.82, 2.24) is 0 Å². The van der Waals surface area contributed by atoms with E-state index in [2.05, 4.69) is 98.1 Å². The molecule has 0 N–H and O–H groups in total. The van der Waals surface area contributed by atoms with E-state index < -0.39 is 5.51 Å². The first-order valence-corrected chi connectivity index (χ1v) is 13.1. The average Bonchev–Trinajstić information content (AvgIpc) is 2.79. The molecule has 0 heterocycles. The van der Waals surface area contributed by atoms with Gasteiger partial charge in [-0.15, -0.1) is 0 Å². The summed E-state index contributed by atoms with van der Waals surface area (Å²) in [6.45, 7) is 0. The van der Waals surface area contributed by atoms with Crippen LogP contribution in [-0.4, -0.2) is 15.1 Å². The molecule has 2 nitrogen and oxygen atoms in total. The summed E-state index contributed by atoms with van der Waals surface area (Å²) in [5, 5.41) is 12.8. The van der Waals surface area contributed by atoms with E-state index in [1.54, 1.807) is 0 Å². The van der Waals surface area contributed by atoms with Crippen molar-refractivity contribution in [3.63, 3.8) is 0 Å². The molecule has 0 saturated carbocycles. The molecule has 0 aromatic heterocycles. The number of rotatable bonds is 5. The van der Waals surface area contributed by atoms with Crippen LogP contribution in [0.3, 0.4) is 0 Å². The van der Waals surface area contributed by atoms with E-state index in [0.29, 0.717) is 0 Å². The Bertz CT molecular complexity index is 1080. The molecule has 0 saturated heterocycles. The van der Waals surface area contributed by atoms with Gasteiger partial charge in [-0.2, -0.15) is 0 Å². The topological polar surface area (TPSA) is 24.7 Å². The number of benzene rings is 4. The van der Waals surface area contributed by atoms with Gasteiger partial charge < -0.3 is 0 Å². The third-order valence-electron chi connectivity index (χ3n) is 4.49. The van der Waals surface area contributed by atoms with Crippen LogP contribution < -0.4 is 15.9 Å². The summed E-state index contributed by atoms with van der Waals surface area (Å²) in [6, 6.07) is 39.4. The van der Waals surface area contributed by atoms with Gasteiger partial charge in [-0.25, -0.2) is 0 Å². The third kappa shape index (κ3) is 3.84. The molecule has 0 unspecified atom stereocenters. The molecule has 0 aliphatic rings. The van der Waals surface area contributed by atoms with Gasteiger partial charge in [0.1, 0.15) is 0 Å². The summed E-state index contributed by atoms with van der Waals surface area (Å²) < 4.78 is 0. The molecule has 0 amide bonds. The van der Waals surface area contributed by atoms with Crippen molar-refractivity contribution in [2.75, 3.05) is 0 Å². The molecule has 4 aromatic rings. The Morgan fingerprint density at radius 2 is 0.964 bits per heavy atom. The van der Waals surface area contributed by atoms with Crippen LogP contribution in [0.1, 0.15) is 0 Å². The van der Waals surface area contributed by atoms with E-state index in [1.165, 1.54) is 15.9 Å². The van der Waals surface area contributed by atoms with Gasteiger partial charge in [0.2, 0.25) is 0 Å². The molecule has 136 valence electrons. The van der Waals surface area contributed by atoms with Crippen molar-refractivity contribution >= 4 is 47.9 Å². The summed E-state index contributed by atoms with van der Waals surface area (Å²) in [6.07, 6.45) is 0. The zero-order valence-corrected chi connectivity index (χ0v) is 17.8. The van der Waals surface area contributed by atoms with Crippen molar-refractivity contribution in [2.45, 2.75) is 0 Å². The molecule has 4 heteroatoms. The van der Waals surface area contributed by atoms with E-state index in [0.717, 1.165) is 11.4 Å². The van der Waals surface area contributed by atoms with E-state index in [-0.39, 0.29) is 0 Å². The van der Waals surface area contributed by atoms with Gasteiger partial charge in [0.25, 0.3) is 0 Å². The molecule has 4 aromatic carbocycles. The Morgan fingerprint density at radius 3 is 1.54 bits per heavy atom. The first-order valence-electron chi connectivity index (χ1n) is 9.06. The number of azo groups is 1. The Morgan fingerprint density at radius 1 is 0.500 bits per heavy atom. The van der Waals surface area contributed by atoms with Gasteiger partial charge in [-0.3, -0.25) is 0 Å². The van der Waals surface area contributed by atoms with Crippen LogP contribution in [0, 0.1) is 0 Å². The molecule has 28 heavy (non-hydrogen) atoms. The predicted molar refractivity (Wildman–Crippen MR) is 122 cm³/mol. The van der Waals surface area contributed by atoms with Crippen molar-refractivity contribution in [3.8, 4) is 0 Å². The van der Waals surface area contributed by atoms with E-state index in [1.807, 2.05) is 42.5 Å². The van der Waals surface area contributed by atoms with E-state index in [4.69, 9.17) is 0 Å². The zero-order chi connectivity index (χ0) is 19.2. The first-order chi connectivity index (χ1) is 13.8. The normalized spacial score (nSPS) is 11.6. The fourth-order valence-electron chi connectivity index (χ4n) is 3.12. The quantitative estimate of drug-likeness (QED) is 0.221. The van der Waals surface area contributed by atoms with Gasteiger partial charge >= 0.3 is 173 Å². The number of hydrogen-bond donors (Lipinski definition) is 0. The van der Waals surface area contributed by atoms with Crippen LogP contribution >= 0.6 is 5.51 Å². The van der Waals surface area contributed by atoms with Crippen molar-refractivity contribution in [2.24, 2.45) is 10.2 Å². The second-order valence-corrected chi connectivity index (χ2v) is 12.5. The monoisotopic (exact) mass is 446 g/mol. The molecule has 0 aliphatic carbocycles. The fourth-order valence-corrected chi connectivity index (χ4v) is 8.40. The molecule has 0 aliphatic heterocycles. The van der Waals surface area contributed by atoms with Crippen LogP contribution in [0.2, 0.25) is 0 Å². The summed E-state index contributed by atoms with van der Waals surface area (Å²) in [5.41, 5.74) is -0.222. The van der Waals surface area contributed by atoms with Gasteiger partial charge in [-0.05, 0) is 0 Å². The SMILES string of the molecule is [Se]=P(c1ccccc1)(c1ccccc1)c1ccccc1N=Nc1ccccc1. The summed E-state index contributed by atoms with van der Waals surface area (Å²) in [5.74, 6) is 0. The summed E-state index contributed by atoms with van der Waals surface area (Å²) in [4.78, 5) is 0. The van der Waals surface area contributed by atoms with Crippen LogP contribution in [0.4, 0.5) is 11.4 Å². The third-order valence-corrected chi connectivity index (χ3v) is 11.5. The maximum atomic E-state index is 4.63. The fraction of sp³-hybridized carbons (Fsp3) is 0. The van der Waals surface area contributed by atoms with E-state index in [9.17, 15) is 0 Å². The molecule has 0 radical (unpaired) electrons. The van der Waals surface area contributed by atoms with E-state index >= 15 is 0 Å². The molecule has 4 rings (SSSR count). The molecule has 0 fully saturated rings. The van der Waals surface area contributed by atoms with Crippen LogP contribution in [0.15, 0.2) is 125 Å². The van der Waals surface area contributed by atoms with Crippen LogP contribution in [-0.2, 0) is 0 Å². The first kappa shape index (κ1) is 18.8. The van der Waals surface area contributed by atoms with Crippen molar-refractivity contribution in [3.05, 3.63) is 115 Å². The minimum atomic E-state index is -1.96. The predicted octanol–water partition coefficient (Wildman–Crippen LogP) is 5.48. The van der Waals surface area contributed by atoms with Gasteiger partial charge in [0, 0.05) is 0 Å². The van der Waals surface area contributed by atoms with Crippen LogP contribution in [0.25, 0.3) is 0 Å². The standard InChI is InChI=1S/C24H19N2PSe/c28-27(21-14-6-2-7-15-21,22-16-8-3-9-17-22)24-19-11-10-18-23(24)26-25-20-12-4-1-5-13-20/h1-19H. The minimum absolute atomic E-state index is 0.848. The Labute approximate surface area is 173 Å².